The predicted octanol–water partition coefficient (Wildman–Crippen LogP) is 4.03. The van der Waals surface area contributed by atoms with Crippen molar-refractivity contribution in [2.24, 2.45) is 11.1 Å². The maximum absolute atomic E-state index is 6.69. The molecule has 0 bridgehead atoms. The topological polar surface area (TPSA) is 26.0 Å². The average Bonchev–Trinajstić information content (AvgIpc) is 2.13. The second-order valence-corrected chi connectivity index (χ2v) is 5.39. The third kappa shape index (κ3) is 2.13. The molecule has 88 valence electrons. The van der Waals surface area contributed by atoms with Crippen LogP contribution in [0.15, 0.2) is 12.2 Å². The van der Waals surface area contributed by atoms with Crippen LogP contribution in [-0.2, 0) is 0 Å². The van der Waals surface area contributed by atoms with E-state index in [-0.39, 0.29) is 5.54 Å². The standard InChI is InChI=1S/C14H27N/c1-5-8-14(15,9-6-2)13(7-3)10-12(4)11-13/h4-11,15H2,1-3H3. The molecule has 1 aliphatic rings. The number of hydrogen-bond acceptors (Lipinski definition) is 1. The van der Waals surface area contributed by atoms with E-state index in [9.17, 15) is 0 Å². The third-order valence-electron chi connectivity index (χ3n) is 4.30. The molecule has 1 rings (SSSR count). The summed E-state index contributed by atoms with van der Waals surface area (Å²) in [5, 5.41) is 0. The van der Waals surface area contributed by atoms with E-state index in [1.54, 1.807) is 0 Å². The van der Waals surface area contributed by atoms with Gasteiger partial charge in [-0.3, -0.25) is 0 Å². The molecule has 0 amide bonds. The van der Waals surface area contributed by atoms with Crippen LogP contribution in [0.25, 0.3) is 0 Å². The molecule has 0 aromatic heterocycles. The quantitative estimate of drug-likeness (QED) is 0.657. The van der Waals surface area contributed by atoms with Crippen LogP contribution < -0.4 is 5.73 Å². The van der Waals surface area contributed by atoms with Gasteiger partial charge in [0.1, 0.15) is 0 Å². The zero-order valence-electron chi connectivity index (χ0n) is 10.7. The van der Waals surface area contributed by atoms with Crippen molar-refractivity contribution >= 4 is 0 Å². The molecule has 0 unspecified atom stereocenters. The number of rotatable bonds is 6. The molecule has 0 aromatic rings. The van der Waals surface area contributed by atoms with Crippen LogP contribution in [0.3, 0.4) is 0 Å². The fourth-order valence-electron chi connectivity index (χ4n) is 3.41. The normalized spacial score (nSPS) is 20.1. The van der Waals surface area contributed by atoms with Crippen LogP contribution in [0.2, 0.25) is 0 Å². The Morgan fingerprint density at radius 3 is 1.93 bits per heavy atom. The second-order valence-electron chi connectivity index (χ2n) is 5.39. The maximum atomic E-state index is 6.69. The van der Waals surface area contributed by atoms with Crippen molar-refractivity contribution in [3.63, 3.8) is 0 Å². The Labute approximate surface area is 95.1 Å². The molecular formula is C14H27N. The van der Waals surface area contributed by atoms with Crippen LogP contribution in [0, 0.1) is 5.41 Å². The van der Waals surface area contributed by atoms with Crippen molar-refractivity contribution in [3.05, 3.63) is 12.2 Å². The summed E-state index contributed by atoms with van der Waals surface area (Å²) >= 11 is 0. The van der Waals surface area contributed by atoms with E-state index in [0.29, 0.717) is 5.41 Å². The fourth-order valence-corrected chi connectivity index (χ4v) is 3.41. The predicted molar refractivity (Wildman–Crippen MR) is 67.8 cm³/mol. The molecule has 0 radical (unpaired) electrons. The van der Waals surface area contributed by atoms with E-state index in [0.717, 1.165) is 0 Å². The van der Waals surface area contributed by atoms with Gasteiger partial charge < -0.3 is 5.73 Å². The maximum Gasteiger partial charge on any atom is 0.0217 e. The molecule has 0 aromatic carbocycles. The minimum atomic E-state index is 0.0619. The molecule has 1 heteroatoms. The van der Waals surface area contributed by atoms with E-state index >= 15 is 0 Å². The Bertz CT molecular complexity index is 215. The Morgan fingerprint density at radius 1 is 1.20 bits per heavy atom. The summed E-state index contributed by atoms with van der Waals surface area (Å²) < 4.78 is 0. The van der Waals surface area contributed by atoms with E-state index < -0.39 is 0 Å². The lowest BCUT2D eigenvalue weighted by atomic mass is 9.52. The van der Waals surface area contributed by atoms with Crippen LogP contribution in [-0.4, -0.2) is 5.54 Å². The second kappa shape index (κ2) is 4.69. The Morgan fingerprint density at radius 2 is 1.67 bits per heavy atom. The molecule has 0 heterocycles. The van der Waals surface area contributed by atoms with Crippen molar-refractivity contribution in [1.29, 1.82) is 0 Å². The van der Waals surface area contributed by atoms with Gasteiger partial charge in [0.05, 0.1) is 0 Å². The summed E-state index contributed by atoms with van der Waals surface area (Å²) in [5.41, 5.74) is 8.53. The van der Waals surface area contributed by atoms with Crippen LogP contribution in [0.1, 0.15) is 65.7 Å². The summed E-state index contributed by atoms with van der Waals surface area (Å²) in [6.45, 7) is 10.9. The molecule has 1 fully saturated rings. The highest BCUT2D eigenvalue weighted by molar-refractivity contribution is 5.22. The Hall–Kier alpha value is -0.300. The lowest BCUT2D eigenvalue weighted by Gasteiger charge is -2.55. The minimum Gasteiger partial charge on any atom is -0.325 e. The van der Waals surface area contributed by atoms with E-state index in [1.165, 1.54) is 50.5 Å². The van der Waals surface area contributed by atoms with E-state index in [1.807, 2.05) is 0 Å². The Balaban J connectivity index is 2.81. The van der Waals surface area contributed by atoms with E-state index in [2.05, 4.69) is 27.4 Å². The van der Waals surface area contributed by atoms with Crippen molar-refractivity contribution in [3.8, 4) is 0 Å². The van der Waals surface area contributed by atoms with Gasteiger partial charge in [-0.1, -0.05) is 45.8 Å². The van der Waals surface area contributed by atoms with Gasteiger partial charge in [-0.2, -0.15) is 0 Å². The van der Waals surface area contributed by atoms with Crippen molar-refractivity contribution in [2.45, 2.75) is 71.3 Å². The molecule has 0 aliphatic heterocycles. The first kappa shape index (κ1) is 12.8. The molecule has 1 aliphatic carbocycles. The van der Waals surface area contributed by atoms with Gasteiger partial charge >= 0.3 is 0 Å². The summed E-state index contributed by atoms with van der Waals surface area (Å²) in [6.07, 6.45) is 8.28. The smallest absolute Gasteiger partial charge is 0.0217 e. The molecule has 1 saturated carbocycles. The zero-order chi connectivity index (χ0) is 11.5. The number of hydrogen-bond donors (Lipinski definition) is 1. The van der Waals surface area contributed by atoms with E-state index in [4.69, 9.17) is 5.73 Å². The highest BCUT2D eigenvalue weighted by Crippen LogP contribution is 2.56. The summed E-state index contributed by atoms with van der Waals surface area (Å²) in [4.78, 5) is 0. The number of nitrogens with two attached hydrogens (primary N) is 1. The average molecular weight is 209 g/mol. The van der Waals surface area contributed by atoms with Crippen molar-refractivity contribution in [1.82, 2.24) is 0 Å². The SMILES string of the molecule is C=C1CC(CC)(C(N)(CCC)CCC)C1. The monoisotopic (exact) mass is 209 g/mol. The molecule has 2 N–H and O–H groups in total. The fraction of sp³-hybridized carbons (Fsp3) is 0.857. The van der Waals surface area contributed by atoms with Gasteiger partial charge in [0, 0.05) is 5.54 Å². The zero-order valence-corrected chi connectivity index (χ0v) is 10.7. The lowest BCUT2D eigenvalue weighted by molar-refractivity contribution is 0.0476. The van der Waals surface area contributed by atoms with Gasteiger partial charge in [0.25, 0.3) is 0 Å². The first-order chi connectivity index (χ1) is 7.03. The molecular weight excluding hydrogens is 182 g/mol. The first-order valence-electron chi connectivity index (χ1n) is 6.49. The van der Waals surface area contributed by atoms with Gasteiger partial charge in [-0.05, 0) is 37.5 Å². The van der Waals surface area contributed by atoms with Gasteiger partial charge in [0.15, 0.2) is 0 Å². The lowest BCUT2D eigenvalue weighted by Crippen LogP contribution is -2.59. The molecule has 0 saturated heterocycles. The summed E-state index contributed by atoms with van der Waals surface area (Å²) in [7, 11) is 0. The van der Waals surface area contributed by atoms with Gasteiger partial charge in [-0.25, -0.2) is 0 Å². The van der Waals surface area contributed by atoms with Crippen LogP contribution in [0.4, 0.5) is 0 Å². The summed E-state index contributed by atoms with van der Waals surface area (Å²) in [5.74, 6) is 0. The minimum absolute atomic E-state index is 0.0619. The van der Waals surface area contributed by atoms with Crippen molar-refractivity contribution < 1.29 is 0 Å². The first-order valence-corrected chi connectivity index (χ1v) is 6.49. The highest BCUT2D eigenvalue weighted by atomic mass is 14.8. The largest absolute Gasteiger partial charge is 0.325 e. The highest BCUT2D eigenvalue weighted by Gasteiger charge is 2.51. The molecule has 15 heavy (non-hydrogen) atoms. The van der Waals surface area contributed by atoms with Gasteiger partial charge in [-0.15, -0.1) is 0 Å². The summed E-state index contributed by atoms with van der Waals surface area (Å²) in [6, 6.07) is 0. The molecule has 1 nitrogen and oxygen atoms in total. The van der Waals surface area contributed by atoms with Gasteiger partial charge in [0.2, 0.25) is 0 Å². The Kier molecular flexibility index (Phi) is 3.99. The van der Waals surface area contributed by atoms with Crippen LogP contribution >= 0.6 is 0 Å². The number of allylic oxidation sites excluding steroid dienone is 1. The van der Waals surface area contributed by atoms with Crippen molar-refractivity contribution in [2.75, 3.05) is 0 Å². The molecule has 0 spiro atoms. The third-order valence-corrected chi connectivity index (χ3v) is 4.30. The molecule has 0 atom stereocenters. The van der Waals surface area contributed by atoms with Crippen LogP contribution in [0.5, 0.6) is 0 Å².